The fourth-order valence-corrected chi connectivity index (χ4v) is 3.49. The molecule has 0 saturated heterocycles. The molecule has 0 aromatic carbocycles. The Bertz CT molecular complexity index is 535. The number of rotatable bonds is 4. The summed E-state index contributed by atoms with van der Waals surface area (Å²) in [4.78, 5) is 7.09. The molecule has 0 radical (unpaired) electrons. The van der Waals surface area contributed by atoms with Crippen molar-refractivity contribution in [3.8, 4) is 10.8 Å². The second-order valence-electron chi connectivity index (χ2n) is 5.32. The van der Waals surface area contributed by atoms with E-state index in [4.69, 9.17) is 4.52 Å². The first-order valence-corrected chi connectivity index (χ1v) is 7.72. The topological polar surface area (TPSA) is 51.0 Å². The van der Waals surface area contributed by atoms with Crippen molar-refractivity contribution in [2.75, 3.05) is 0 Å². The predicted molar refractivity (Wildman–Crippen MR) is 76.2 cm³/mol. The third-order valence-corrected chi connectivity index (χ3v) is 4.57. The molecule has 4 nitrogen and oxygen atoms in total. The van der Waals surface area contributed by atoms with Crippen LogP contribution < -0.4 is 5.32 Å². The van der Waals surface area contributed by atoms with Crippen molar-refractivity contribution in [1.29, 1.82) is 0 Å². The minimum absolute atomic E-state index is 0.427. The SMILES string of the molecule is CC(C)NCc1noc(-c2cc3c(s2)CCCC3)n1. The zero-order valence-corrected chi connectivity index (χ0v) is 12.2. The third-order valence-electron chi connectivity index (χ3n) is 3.34. The largest absolute Gasteiger partial charge is 0.333 e. The van der Waals surface area contributed by atoms with Crippen molar-refractivity contribution in [3.05, 3.63) is 22.3 Å². The van der Waals surface area contributed by atoms with E-state index in [0.29, 0.717) is 18.5 Å². The molecule has 0 fully saturated rings. The molecule has 0 spiro atoms. The normalized spacial score (nSPS) is 14.9. The zero-order valence-electron chi connectivity index (χ0n) is 11.4. The third kappa shape index (κ3) is 2.87. The van der Waals surface area contributed by atoms with E-state index in [2.05, 4.69) is 35.4 Å². The summed E-state index contributed by atoms with van der Waals surface area (Å²) in [7, 11) is 0. The van der Waals surface area contributed by atoms with Crippen LogP contribution in [-0.2, 0) is 19.4 Å². The summed E-state index contributed by atoms with van der Waals surface area (Å²) < 4.78 is 5.37. The molecule has 0 saturated carbocycles. The van der Waals surface area contributed by atoms with Crippen LogP contribution in [0.15, 0.2) is 10.6 Å². The lowest BCUT2D eigenvalue weighted by molar-refractivity contribution is 0.418. The summed E-state index contributed by atoms with van der Waals surface area (Å²) in [5.41, 5.74) is 1.48. The molecule has 2 aromatic heterocycles. The first-order valence-electron chi connectivity index (χ1n) is 6.90. The van der Waals surface area contributed by atoms with Crippen molar-refractivity contribution < 1.29 is 4.52 Å². The number of aromatic nitrogens is 2. The summed E-state index contributed by atoms with van der Waals surface area (Å²) in [5, 5.41) is 7.32. The molecule has 102 valence electrons. The quantitative estimate of drug-likeness (QED) is 0.932. The lowest BCUT2D eigenvalue weighted by Crippen LogP contribution is -2.22. The fraction of sp³-hybridized carbons (Fsp3) is 0.571. The Balaban J connectivity index is 1.76. The number of hydrogen-bond acceptors (Lipinski definition) is 5. The molecule has 19 heavy (non-hydrogen) atoms. The number of fused-ring (bicyclic) bond motifs is 1. The van der Waals surface area contributed by atoms with Crippen LogP contribution >= 0.6 is 11.3 Å². The number of hydrogen-bond donors (Lipinski definition) is 1. The van der Waals surface area contributed by atoms with Crippen LogP contribution in [0.25, 0.3) is 10.8 Å². The van der Waals surface area contributed by atoms with Crippen LogP contribution in [0.4, 0.5) is 0 Å². The smallest absolute Gasteiger partial charge is 0.268 e. The predicted octanol–water partition coefficient (Wildman–Crippen LogP) is 3.17. The average molecular weight is 277 g/mol. The van der Waals surface area contributed by atoms with Gasteiger partial charge in [-0.3, -0.25) is 0 Å². The van der Waals surface area contributed by atoms with E-state index in [0.717, 1.165) is 10.7 Å². The van der Waals surface area contributed by atoms with Crippen molar-refractivity contribution in [1.82, 2.24) is 15.5 Å². The summed E-state index contributed by atoms with van der Waals surface area (Å²) in [5.74, 6) is 1.40. The lowest BCUT2D eigenvalue weighted by Gasteiger charge is -2.08. The van der Waals surface area contributed by atoms with Crippen LogP contribution in [0, 0.1) is 0 Å². The van der Waals surface area contributed by atoms with Crippen molar-refractivity contribution in [3.63, 3.8) is 0 Å². The van der Waals surface area contributed by atoms with Gasteiger partial charge in [0.1, 0.15) is 0 Å². The molecule has 0 unspecified atom stereocenters. The molecule has 1 aliphatic carbocycles. The van der Waals surface area contributed by atoms with Crippen LogP contribution in [-0.4, -0.2) is 16.2 Å². The van der Waals surface area contributed by atoms with Gasteiger partial charge < -0.3 is 9.84 Å². The van der Waals surface area contributed by atoms with E-state index in [-0.39, 0.29) is 0 Å². The maximum atomic E-state index is 5.37. The van der Waals surface area contributed by atoms with Gasteiger partial charge in [0.05, 0.1) is 11.4 Å². The molecule has 0 atom stereocenters. The fourth-order valence-electron chi connectivity index (χ4n) is 2.32. The van der Waals surface area contributed by atoms with Gasteiger partial charge in [-0.25, -0.2) is 0 Å². The van der Waals surface area contributed by atoms with E-state index >= 15 is 0 Å². The van der Waals surface area contributed by atoms with Crippen molar-refractivity contribution in [2.45, 2.75) is 52.1 Å². The molecule has 0 bridgehead atoms. The summed E-state index contributed by atoms with van der Waals surface area (Å²) in [6.45, 7) is 4.87. The lowest BCUT2D eigenvalue weighted by atomic mass is 9.99. The molecule has 1 aliphatic rings. The molecule has 0 amide bonds. The Morgan fingerprint density at radius 1 is 1.37 bits per heavy atom. The molecule has 0 aliphatic heterocycles. The Morgan fingerprint density at radius 2 is 2.21 bits per heavy atom. The van der Waals surface area contributed by atoms with Crippen LogP contribution in [0.1, 0.15) is 43.0 Å². The standard InChI is InChI=1S/C14H19N3OS/c1-9(2)15-8-13-16-14(18-17-13)12-7-10-5-3-4-6-11(10)19-12/h7,9,15H,3-6,8H2,1-2H3. The highest BCUT2D eigenvalue weighted by molar-refractivity contribution is 7.15. The van der Waals surface area contributed by atoms with Crippen LogP contribution in [0.3, 0.4) is 0 Å². The summed E-state index contributed by atoms with van der Waals surface area (Å²) >= 11 is 1.81. The first kappa shape index (κ1) is 12.8. The minimum atomic E-state index is 0.427. The van der Waals surface area contributed by atoms with Gasteiger partial charge in [0, 0.05) is 10.9 Å². The van der Waals surface area contributed by atoms with E-state index in [1.807, 2.05) is 11.3 Å². The maximum Gasteiger partial charge on any atom is 0.268 e. The molecule has 1 N–H and O–H groups in total. The van der Waals surface area contributed by atoms with Gasteiger partial charge in [-0.15, -0.1) is 11.3 Å². The average Bonchev–Trinajstić information content (AvgIpc) is 3.02. The first-order chi connectivity index (χ1) is 9.22. The molecule has 5 heteroatoms. The molecule has 2 aromatic rings. The van der Waals surface area contributed by atoms with E-state index in [9.17, 15) is 0 Å². The number of nitrogens with one attached hydrogen (secondary N) is 1. The highest BCUT2D eigenvalue weighted by Gasteiger charge is 2.17. The van der Waals surface area contributed by atoms with Gasteiger partial charge in [-0.05, 0) is 37.3 Å². The highest BCUT2D eigenvalue weighted by atomic mass is 32.1. The molecule has 2 heterocycles. The van der Waals surface area contributed by atoms with Gasteiger partial charge in [0.25, 0.3) is 5.89 Å². The van der Waals surface area contributed by atoms with Crippen LogP contribution in [0.5, 0.6) is 0 Å². The monoisotopic (exact) mass is 277 g/mol. The maximum absolute atomic E-state index is 5.37. The minimum Gasteiger partial charge on any atom is -0.333 e. The molecule has 3 rings (SSSR count). The summed E-state index contributed by atoms with van der Waals surface area (Å²) in [6, 6.07) is 2.66. The van der Waals surface area contributed by atoms with Gasteiger partial charge in [0.2, 0.25) is 0 Å². The van der Waals surface area contributed by atoms with Crippen molar-refractivity contribution >= 4 is 11.3 Å². The second-order valence-corrected chi connectivity index (χ2v) is 6.45. The van der Waals surface area contributed by atoms with E-state index < -0.39 is 0 Å². The van der Waals surface area contributed by atoms with E-state index in [1.54, 1.807) is 0 Å². The van der Waals surface area contributed by atoms with Gasteiger partial charge in [0.15, 0.2) is 5.82 Å². The zero-order chi connectivity index (χ0) is 13.2. The molecular formula is C14H19N3OS. The Morgan fingerprint density at radius 3 is 3.00 bits per heavy atom. The Labute approximate surface area is 117 Å². The number of aryl methyl sites for hydroxylation is 2. The Hall–Kier alpha value is -1.20. The Kier molecular flexibility index (Phi) is 3.66. The molecular weight excluding hydrogens is 258 g/mol. The highest BCUT2D eigenvalue weighted by Crippen LogP contribution is 2.34. The van der Waals surface area contributed by atoms with Gasteiger partial charge in [-0.1, -0.05) is 19.0 Å². The van der Waals surface area contributed by atoms with E-state index in [1.165, 1.54) is 36.1 Å². The van der Waals surface area contributed by atoms with Gasteiger partial charge in [-0.2, -0.15) is 4.98 Å². The number of thiophene rings is 1. The van der Waals surface area contributed by atoms with Crippen LogP contribution in [0.2, 0.25) is 0 Å². The van der Waals surface area contributed by atoms with Crippen molar-refractivity contribution in [2.24, 2.45) is 0 Å². The summed E-state index contributed by atoms with van der Waals surface area (Å²) in [6.07, 6.45) is 5.01. The van der Waals surface area contributed by atoms with Gasteiger partial charge >= 0.3 is 0 Å². The second kappa shape index (κ2) is 5.43. The number of nitrogens with zero attached hydrogens (tertiary/aromatic N) is 2.